The van der Waals surface area contributed by atoms with Crippen molar-refractivity contribution in [2.75, 3.05) is 0 Å². The van der Waals surface area contributed by atoms with Crippen molar-refractivity contribution in [3.05, 3.63) is 16.3 Å². The van der Waals surface area contributed by atoms with E-state index in [2.05, 4.69) is 5.10 Å². The zero-order valence-corrected chi connectivity index (χ0v) is 7.87. The zero-order chi connectivity index (χ0) is 9.14. The summed E-state index contributed by atoms with van der Waals surface area (Å²) < 4.78 is 3.13. The standard InChI is InChI=1S/C8H15N3O/c1-4-6-11-8(12)10(3)7(5-2)9-11/h4-6H2,1-3H3. The highest BCUT2D eigenvalue weighted by Crippen LogP contribution is 1.91. The van der Waals surface area contributed by atoms with Gasteiger partial charge < -0.3 is 0 Å². The molecule has 0 radical (unpaired) electrons. The van der Waals surface area contributed by atoms with Gasteiger partial charge in [0.05, 0.1) is 0 Å². The minimum atomic E-state index is -0.00583. The molecule has 4 nitrogen and oxygen atoms in total. The van der Waals surface area contributed by atoms with E-state index in [-0.39, 0.29) is 5.69 Å². The first-order valence-electron chi connectivity index (χ1n) is 4.33. The molecule has 0 fully saturated rings. The van der Waals surface area contributed by atoms with Crippen molar-refractivity contribution in [1.82, 2.24) is 14.3 Å². The first-order chi connectivity index (χ1) is 5.70. The molecule has 1 aromatic rings. The SMILES string of the molecule is CCCn1nc(CC)n(C)c1=O. The van der Waals surface area contributed by atoms with Gasteiger partial charge >= 0.3 is 5.69 Å². The van der Waals surface area contributed by atoms with Gasteiger partial charge in [-0.25, -0.2) is 9.48 Å². The molecule has 0 amide bonds. The topological polar surface area (TPSA) is 39.8 Å². The van der Waals surface area contributed by atoms with E-state index in [4.69, 9.17) is 0 Å². The first-order valence-corrected chi connectivity index (χ1v) is 4.33. The van der Waals surface area contributed by atoms with Crippen LogP contribution < -0.4 is 5.69 Å². The molecule has 0 aromatic carbocycles. The molecular formula is C8H15N3O. The molecule has 12 heavy (non-hydrogen) atoms. The summed E-state index contributed by atoms with van der Waals surface area (Å²) in [6, 6.07) is 0. The van der Waals surface area contributed by atoms with E-state index in [1.165, 1.54) is 4.68 Å². The second-order valence-electron chi connectivity index (χ2n) is 2.83. The van der Waals surface area contributed by atoms with Crippen molar-refractivity contribution in [1.29, 1.82) is 0 Å². The fourth-order valence-corrected chi connectivity index (χ4v) is 1.20. The minimum absolute atomic E-state index is 0.00583. The number of hydrogen-bond donors (Lipinski definition) is 0. The Labute approximate surface area is 71.8 Å². The van der Waals surface area contributed by atoms with E-state index >= 15 is 0 Å². The lowest BCUT2D eigenvalue weighted by Gasteiger charge is -1.91. The van der Waals surface area contributed by atoms with Crippen LogP contribution in [0.3, 0.4) is 0 Å². The molecule has 0 aliphatic heterocycles. The second-order valence-corrected chi connectivity index (χ2v) is 2.83. The Bertz CT molecular complexity index is 311. The summed E-state index contributed by atoms with van der Waals surface area (Å²) in [5.74, 6) is 0.855. The molecule has 0 aliphatic carbocycles. The molecule has 0 N–H and O–H groups in total. The maximum atomic E-state index is 11.4. The van der Waals surface area contributed by atoms with Crippen LogP contribution in [0.1, 0.15) is 26.1 Å². The number of aryl methyl sites for hydroxylation is 2. The largest absolute Gasteiger partial charge is 0.345 e. The molecule has 1 rings (SSSR count). The van der Waals surface area contributed by atoms with Crippen LogP contribution in [0, 0.1) is 0 Å². The van der Waals surface area contributed by atoms with Crippen LogP contribution in [-0.2, 0) is 20.0 Å². The highest BCUT2D eigenvalue weighted by Gasteiger charge is 2.06. The third-order valence-corrected chi connectivity index (χ3v) is 1.88. The summed E-state index contributed by atoms with van der Waals surface area (Å²) in [6.45, 7) is 4.75. The Morgan fingerprint density at radius 2 is 2.08 bits per heavy atom. The van der Waals surface area contributed by atoms with Gasteiger partial charge in [0.1, 0.15) is 5.82 Å². The number of hydrogen-bond acceptors (Lipinski definition) is 2. The van der Waals surface area contributed by atoms with Crippen LogP contribution in [0.2, 0.25) is 0 Å². The van der Waals surface area contributed by atoms with Gasteiger partial charge in [-0.1, -0.05) is 13.8 Å². The quantitative estimate of drug-likeness (QED) is 0.663. The number of aromatic nitrogens is 3. The van der Waals surface area contributed by atoms with Gasteiger partial charge in [0.25, 0.3) is 0 Å². The lowest BCUT2D eigenvalue weighted by atomic mass is 10.5. The van der Waals surface area contributed by atoms with E-state index in [9.17, 15) is 4.79 Å². The summed E-state index contributed by atoms with van der Waals surface area (Å²) in [7, 11) is 1.76. The summed E-state index contributed by atoms with van der Waals surface area (Å²) in [5.41, 5.74) is -0.00583. The lowest BCUT2D eigenvalue weighted by molar-refractivity contribution is 0.572. The average molecular weight is 169 g/mol. The number of nitrogens with zero attached hydrogens (tertiary/aromatic N) is 3. The van der Waals surface area contributed by atoms with Gasteiger partial charge in [-0.3, -0.25) is 4.57 Å². The minimum Gasteiger partial charge on any atom is -0.282 e. The van der Waals surface area contributed by atoms with Crippen molar-refractivity contribution < 1.29 is 0 Å². The van der Waals surface area contributed by atoms with Crippen LogP contribution in [-0.4, -0.2) is 14.3 Å². The molecule has 4 heteroatoms. The maximum Gasteiger partial charge on any atom is 0.345 e. The molecule has 0 saturated carbocycles. The summed E-state index contributed by atoms with van der Waals surface area (Å²) in [4.78, 5) is 11.4. The van der Waals surface area contributed by atoms with E-state index in [0.29, 0.717) is 6.54 Å². The van der Waals surface area contributed by atoms with E-state index in [0.717, 1.165) is 18.7 Å². The molecule has 0 aliphatic rings. The monoisotopic (exact) mass is 169 g/mol. The normalized spacial score (nSPS) is 10.6. The van der Waals surface area contributed by atoms with Crippen molar-refractivity contribution in [2.24, 2.45) is 7.05 Å². The molecule has 0 spiro atoms. The highest BCUT2D eigenvalue weighted by molar-refractivity contribution is 4.85. The highest BCUT2D eigenvalue weighted by atomic mass is 16.2. The Morgan fingerprint density at radius 1 is 1.42 bits per heavy atom. The van der Waals surface area contributed by atoms with Crippen molar-refractivity contribution in [3.63, 3.8) is 0 Å². The van der Waals surface area contributed by atoms with Crippen LogP contribution in [0.5, 0.6) is 0 Å². The fraction of sp³-hybridized carbons (Fsp3) is 0.750. The summed E-state index contributed by atoms with van der Waals surface area (Å²) in [6.07, 6.45) is 1.75. The Balaban J connectivity index is 3.07. The van der Waals surface area contributed by atoms with E-state index in [1.54, 1.807) is 11.6 Å². The summed E-state index contributed by atoms with van der Waals surface area (Å²) >= 11 is 0. The molecule has 68 valence electrons. The molecule has 1 heterocycles. The number of rotatable bonds is 3. The smallest absolute Gasteiger partial charge is 0.282 e. The van der Waals surface area contributed by atoms with Crippen LogP contribution in [0.25, 0.3) is 0 Å². The molecule has 0 atom stereocenters. The van der Waals surface area contributed by atoms with Gasteiger partial charge in [0.15, 0.2) is 0 Å². The molecule has 0 saturated heterocycles. The van der Waals surface area contributed by atoms with E-state index < -0.39 is 0 Å². The Morgan fingerprint density at radius 3 is 2.50 bits per heavy atom. The first kappa shape index (κ1) is 9.03. The predicted molar refractivity (Wildman–Crippen MR) is 47.1 cm³/mol. The van der Waals surface area contributed by atoms with Gasteiger partial charge in [0.2, 0.25) is 0 Å². The molecule has 0 unspecified atom stereocenters. The second kappa shape index (κ2) is 3.56. The van der Waals surface area contributed by atoms with Gasteiger partial charge in [0, 0.05) is 20.0 Å². The van der Waals surface area contributed by atoms with Crippen molar-refractivity contribution >= 4 is 0 Å². The zero-order valence-electron chi connectivity index (χ0n) is 7.87. The third-order valence-electron chi connectivity index (χ3n) is 1.88. The average Bonchev–Trinajstić information content (AvgIpc) is 2.33. The third kappa shape index (κ3) is 1.42. The van der Waals surface area contributed by atoms with Gasteiger partial charge in [-0.05, 0) is 6.42 Å². The predicted octanol–water partition coefficient (Wildman–Crippen LogP) is 0.554. The van der Waals surface area contributed by atoms with Crippen LogP contribution >= 0.6 is 0 Å². The van der Waals surface area contributed by atoms with Crippen LogP contribution in [0.15, 0.2) is 4.79 Å². The molecule has 0 bridgehead atoms. The Kier molecular flexibility index (Phi) is 2.68. The maximum absolute atomic E-state index is 11.4. The Hall–Kier alpha value is -1.06. The van der Waals surface area contributed by atoms with Crippen LogP contribution in [0.4, 0.5) is 0 Å². The van der Waals surface area contributed by atoms with Crippen molar-refractivity contribution in [3.8, 4) is 0 Å². The lowest BCUT2D eigenvalue weighted by Crippen LogP contribution is -2.23. The van der Waals surface area contributed by atoms with Gasteiger partial charge in [-0.2, -0.15) is 5.10 Å². The fourth-order valence-electron chi connectivity index (χ4n) is 1.20. The van der Waals surface area contributed by atoms with Gasteiger partial charge in [-0.15, -0.1) is 0 Å². The summed E-state index contributed by atoms with van der Waals surface area (Å²) in [5, 5.41) is 4.18. The van der Waals surface area contributed by atoms with E-state index in [1.807, 2.05) is 13.8 Å². The molecular weight excluding hydrogens is 154 g/mol. The van der Waals surface area contributed by atoms with Crippen molar-refractivity contribution in [2.45, 2.75) is 33.2 Å². The molecule has 1 aromatic heterocycles.